The maximum Gasteiger partial charge on any atom is 0.239 e. The van der Waals surface area contributed by atoms with Crippen LogP contribution in [-0.4, -0.2) is 39.1 Å². The Morgan fingerprint density at radius 2 is 1.95 bits per heavy atom. The van der Waals surface area contributed by atoms with Crippen LogP contribution in [0.25, 0.3) is 0 Å². The van der Waals surface area contributed by atoms with Crippen LogP contribution in [0.4, 0.5) is 0 Å². The Hall–Kier alpha value is -2.28. The van der Waals surface area contributed by atoms with E-state index in [-0.39, 0.29) is 30.9 Å². The summed E-state index contributed by atoms with van der Waals surface area (Å²) in [5, 5.41) is 5.18. The first-order chi connectivity index (χ1) is 10.0. The fourth-order valence-electron chi connectivity index (χ4n) is 1.80. The van der Waals surface area contributed by atoms with Gasteiger partial charge in [-0.2, -0.15) is 0 Å². The Kier molecular flexibility index (Phi) is 6.48. The molecule has 0 spiro atoms. The van der Waals surface area contributed by atoms with E-state index in [1.807, 2.05) is 6.92 Å². The zero-order valence-electron chi connectivity index (χ0n) is 12.4. The van der Waals surface area contributed by atoms with E-state index in [9.17, 15) is 9.59 Å². The molecular formula is C14H21N3O4. The van der Waals surface area contributed by atoms with E-state index >= 15 is 0 Å². The SMILES string of the molecule is COc1ccc(OC)c(C(C)NC(=O)CNC(=O)CN)c1. The summed E-state index contributed by atoms with van der Waals surface area (Å²) in [6.07, 6.45) is 0. The summed E-state index contributed by atoms with van der Waals surface area (Å²) < 4.78 is 10.4. The van der Waals surface area contributed by atoms with Crippen molar-refractivity contribution in [2.75, 3.05) is 27.3 Å². The van der Waals surface area contributed by atoms with Gasteiger partial charge in [0, 0.05) is 5.56 Å². The van der Waals surface area contributed by atoms with Crippen LogP contribution < -0.4 is 25.8 Å². The summed E-state index contributed by atoms with van der Waals surface area (Å²) >= 11 is 0. The highest BCUT2D eigenvalue weighted by atomic mass is 16.5. The molecule has 7 heteroatoms. The maximum atomic E-state index is 11.8. The first-order valence-electron chi connectivity index (χ1n) is 6.49. The molecule has 0 aromatic heterocycles. The molecule has 1 aromatic rings. The number of nitrogens with two attached hydrogens (primary N) is 1. The summed E-state index contributed by atoms with van der Waals surface area (Å²) in [7, 11) is 3.12. The van der Waals surface area contributed by atoms with Gasteiger partial charge in [-0.15, -0.1) is 0 Å². The number of methoxy groups -OCH3 is 2. The fourth-order valence-corrected chi connectivity index (χ4v) is 1.80. The molecule has 21 heavy (non-hydrogen) atoms. The largest absolute Gasteiger partial charge is 0.497 e. The molecule has 7 nitrogen and oxygen atoms in total. The molecular weight excluding hydrogens is 274 g/mol. The van der Waals surface area contributed by atoms with E-state index in [1.54, 1.807) is 32.4 Å². The van der Waals surface area contributed by atoms with Gasteiger partial charge in [0.2, 0.25) is 11.8 Å². The predicted molar refractivity (Wildman–Crippen MR) is 78.2 cm³/mol. The molecule has 0 aliphatic carbocycles. The summed E-state index contributed by atoms with van der Waals surface area (Å²) in [5.41, 5.74) is 5.93. The molecule has 0 aliphatic heterocycles. The number of nitrogens with one attached hydrogen (secondary N) is 2. The monoisotopic (exact) mass is 295 g/mol. The minimum Gasteiger partial charge on any atom is -0.497 e. The standard InChI is InChI=1S/C14H21N3O4/c1-9(17-14(19)8-16-13(18)7-15)11-6-10(20-2)4-5-12(11)21-3/h4-6,9H,7-8,15H2,1-3H3,(H,16,18)(H,17,19). The van der Waals surface area contributed by atoms with Crippen LogP contribution >= 0.6 is 0 Å². The van der Waals surface area contributed by atoms with Gasteiger partial charge in [0.25, 0.3) is 0 Å². The molecule has 0 heterocycles. The molecule has 1 rings (SSSR count). The zero-order valence-corrected chi connectivity index (χ0v) is 12.4. The van der Waals surface area contributed by atoms with E-state index in [2.05, 4.69) is 10.6 Å². The molecule has 0 saturated heterocycles. The maximum absolute atomic E-state index is 11.8. The molecule has 4 N–H and O–H groups in total. The van der Waals surface area contributed by atoms with Crippen molar-refractivity contribution in [1.29, 1.82) is 0 Å². The van der Waals surface area contributed by atoms with E-state index in [0.29, 0.717) is 11.5 Å². The highest BCUT2D eigenvalue weighted by Gasteiger charge is 2.15. The summed E-state index contributed by atoms with van der Waals surface area (Å²) in [6.45, 7) is 1.55. The van der Waals surface area contributed by atoms with Crippen molar-refractivity contribution in [3.63, 3.8) is 0 Å². The summed E-state index contributed by atoms with van der Waals surface area (Å²) in [5.74, 6) is 0.629. The van der Waals surface area contributed by atoms with Crippen molar-refractivity contribution in [1.82, 2.24) is 10.6 Å². The van der Waals surface area contributed by atoms with Gasteiger partial charge in [-0.3, -0.25) is 9.59 Å². The molecule has 0 fully saturated rings. The lowest BCUT2D eigenvalue weighted by molar-refractivity contribution is -0.125. The first-order valence-corrected chi connectivity index (χ1v) is 6.49. The quantitative estimate of drug-likeness (QED) is 0.655. The third-order valence-corrected chi connectivity index (χ3v) is 2.91. The Bertz CT molecular complexity index is 505. The average Bonchev–Trinajstić information content (AvgIpc) is 2.51. The Balaban J connectivity index is 2.72. The molecule has 1 unspecified atom stereocenters. The zero-order chi connectivity index (χ0) is 15.8. The van der Waals surface area contributed by atoms with Gasteiger partial charge >= 0.3 is 0 Å². The Labute approximate surface area is 123 Å². The molecule has 1 aromatic carbocycles. The predicted octanol–water partition coefficient (Wildman–Crippen LogP) is -0.0441. The minimum atomic E-state index is -0.378. The van der Waals surface area contributed by atoms with Gasteiger partial charge in [0.05, 0.1) is 33.4 Å². The topological polar surface area (TPSA) is 103 Å². The first kappa shape index (κ1) is 16.8. The fraction of sp³-hybridized carbons (Fsp3) is 0.429. The van der Waals surface area contributed by atoms with Gasteiger partial charge in [0.1, 0.15) is 11.5 Å². The van der Waals surface area contributed by atoms with Crippen LogP contribution in [0.2, 0.25) is 0 Å². The third-order valence-electron chi connectivity index (χ3n) is 2.91. The number of rotatable bonds is 7. The second-order valence-corrected chi connectivity index (χ2v) is 4.38. The molecule has 1 atom stereocenters. The molecule has 0 saturated carbocycles. The normalized spacial score (nSPS) is 11.4. The summed E-state index contributed by atoms with van der Waals surface area (Å²) in [6, 6.07) is 5.05. The van der Waals surface area contributed by atoms with Crippen LogP contribution in [0.1, 0.15) is 18.5 Å². The molecule has 2 amide bonds. The summed E-state index contributed by atoms with van der Waals surface area (Å²) in [4.78, 5) is 22.8. The molecule has 0 radical (unpaired) electrons. The second-order valence-electron chi connectivity index (χ2n) is 4.38. The van der Waals surface area contributed by atoms with E-state index in [0.717, 1.165) is 5.56 Å². The number of benzene rings is 1. The van der Waals surface area contributed by atoms with E-state index in [1.165, 1.54) is 0 Å². The lowest BCUT2D eigenvalue weighted by atomic mass is 10.1. The van der Waals surface area contributed by atoms with E-state index in [4.69, 9.17) is 15.2 Å². The number of carbonyl (C=O) groups excluding carboxylic acids is 2. The number of amides is 2. The van der Waals surface area contributed by atoms with Gasteiger partial charge in [0.15, 0.2) is 0 Å². The van der Waals surface area contributed by atoms with Crippen molar-refractivity contribution < 1.29 is 19.1 Å². The number of ether oxygens (including phenoxy) is 2. The number of carbonyl (C=O) groups is 2. The van der Waals surface area contributed by atoms with Crippen LogP contribution in [0.15, 0.2) is 18.2 Å². The van der Waals surface area contributed by atoms with Crippen LogP contribution in [0, 0.1) is 0 Å². The van der Waals surface area contributed by atoms with Gasteiger partial charge in [-0.1, -0.05) is 0 Å². The Morgan fingerprint density at radius 3 is 2.52 bits per heavy atom. The second kappa shape index (κ2) is 8.11. The Morgan fingerprint density at radius 1 is 1.24 bits per heavy atom. The van der Waals surface area contributed by atoms with Gasteiger partial charge in [-0.05, 0) is 25.1 Å². The number of hydrogen-bond donors (Lipinski definition) is 3. The van der Waals surface area contributed by atoms with E-state index < -0.39 is 0 Å². The van der Waals surface area contributed by atoms with Crippen molar-refractivity contribution in [2.45, 2.75) is 13.0 Å². The highest BCUT2D eigenvalue weighted by molar-refractivity contribution is 5.85. The average molecular weight is 295 g/mol. The molecule has 0 aliphatic rings. The minimum absolute atomic E-state index is 0.118. The molecule has 0 bridgehead atoms. The lowest BCUT2D eigenvalue weighted by Gasteiger charge is -2.18. The molecule has 116 valence electrons. The van der Waals surface area contributed by atoms with Crippen molar-refractivity contribution in [3.8, 4) is 11.5 Å². The highest BCUT2D eigenvalue weighted by Crippen LogP contribution is 2.29. The van der Waals surface area contributed by atoms with Gasteiger partial charge < -0.3 is 25.8 Å². The van der Waals surface area contributed by atoms with Crippen LogP contribution in [0.3, 0.4) is 0 Å². The smallest absolute Gasteiger partial charge is 0.239 e. The number of hydrogen-bond acceptors (Lipinski definition) is 5. The van der Waals surface area contributed by atoms with Gasteiger partial charge in [-0.25, -0.2) is 0 Å². The lowest BCUT2D eigenvalue weighted by Crippen LogP contribution is -2.40. The van der Waals surface area contributed by atoms with Crippen LogP contribution in [-0.2, 0) is 9.59 Å². The van der Waals surface area contributed by atoms with Crippen molar-refractivity contribution >= 4 is 11.8 Å². The van der Waals surface area contributed by atoms with Crippen LogP contribution in [0.5, 0.6) is 11.5 Å². The third kappa shape index (κ3) is 4.96. The van der Waals surface area contributed by atoms with Crippen molar-refractivity contribution in [2.24, 2.45) is 5.73 Å². The van der Waals surface area contributed by atoms with Crippen molar-refractivity contribution in [3.05, 3.63) is 23.8 Å².